The van der Waals surface area contributed by atoms with Gasteiger partial charge in [0.15, 0.2) is 17.5 Å². The van der Waals surface area contributed by atoms with Gasteiger partial charge in [-0.2, -0.15) is 0 Å². The van der Waals surface area contributed by atoms with Crippen LogP contribution in [0.2, 0.25) is 0 Å². The molecule has 0 amide bonds. The SMILES string of the molecule is CC.Cc1c(F)c(F)c(F)c(P)c1F. The van der Waals surface area contributed by atoms with Crippen LogP contribution in [0.3, 0.4) is 0 Å². The first kappa shape index (κ1) is 13.4. The van der Waals surface area contributed by atoms with Gasteiger partial charge in [0.2, 0.25) is 0 Å². The predicted molar refractivity (Wildman–Crippen MR) is 51.7 cm³/mol. The predicted octanol–water partition coefficient (Wildman–Crippen LogP) is 3.08. The Hall–Kier alpha value is -0.630. The Bertz CT molecular complexity index is 231. The van der Waals surface area contributed by atoms with Crippen molar-refractivity contribution in [1.82, 2.24) is 0 Å². The lowest BCUT2D eigenvalue weighted by molar-refractivity contribution is 0.435. The van der Waals surface area contributed by atoms with Crippen molar-refractivity contribution in [3.05, 3.63) is 28.8 Å². The van der Waals surface area contributed by atoms with Crippen molar-refractivity contribution >= 4 is 14.5 Å². The normalized spacial score (nSPS) is 9.43. The molecule has 1 atom stereocenters. The quantitative estimate of drug-likeness (QED) is 0.276. The summed E-state index contributed by atoms with van der Waals surface area (Å²) < 4.78 is 50.4. The summed E-state index contributed by atoms with van der Waals surface area (Å²) in [6.45, 7) is 5.04. The summed E-state index contributed by atoms with van der Waals surface area (Å²) in [6.07, 6.45) is 0. The molecule has 0 radical (unpaired) electrons. The van der Waals surface area contributed by atoms with Gasteiger partial charge in [-0.15, -0.1) is 0 Å². The minimum absolute atomic E-state index is 0.515. The van der Waals surface area contributed by atoms with E-state index in [2.05, 4.69) is 0 Å². The second-order valence-electron chi connectivity index (χ2n) is 2.29. The summed E-state index contributed by atoms with van der Waals surface area (Å²) >= 11 is 0. The van der Waals surface area contributed by atoms with Gasteiger partial charge in [-0.3, -0.25) is 0 Å². The summed E-state index contributed by atoms with van der Waals surface area (Å²) in [5, 5.41) is -0.577. The molecule has 0 aliphatic carbocycles. The lowest BCUT2D eigenvalue weighted by Crippen LogP contribution is -2.13. The van der Waals surface area contributed by atoms with Crippen molar-refractivity contribution < 1.29 is 17.6 Å². The molecule has 0 saturated carbocycles. The van der Waals surface area contributed by atoms with Gasteiger partial charge < -0.3 is 0 Å². The molecular formula is C9H11F4P. The van der Waals surface area contributed by atoms with E-state index >= 15 is 0 Å². The molecule has 0 fully saturated rings. The first-order valence-electron chi connectivity index (χ1n) is 4.04. The molecule has 5 heteroatoms. The molecule has 1 aromatic carbocycles. The topological polar surface area (TPSA) is 0 Å². The van der Waals surface area contributed by atoms with Crippen LogP contribution in [-0.2, 0) is 0 Å². The van der Waals surface area contributed by atoms with Crippen molar-refractivity contribution in [3.63, 3.8) is 0 Å². The monoisotopic (exact) mass is 226 g/mol. The van der Waals surface area contributed by atoms with Crippen LogP contribution in [0.1, 0.15) is 19.4 Å². The molecular weight excluding hydrogens is 215 g/mol. The minimum atomic E-state index is -1.64. The van der Waals surface area contributed by atoms with E-state index in [1.54, 1.807) is 9.24 Å². The Labute approximate surface area is 82.5 Å². The summed E-state index contributed by atoms with van der Waals surface area (Å²) in [7, 11) is 1.68. The standard InChI is InChI=1S/C7H5F4P.C2H6/c1-2-3(8)5(10)6(11)7(12)4(2)9;1-2/h12H2,1H3;1-2H3. The van der Waals surface area contributed by atoms with Crippen LogP contribution in [0.25, 0.3) is 0 Å². The molecule has 1 rings (SSSR count). The van der Waals surface area contributed by atoms with Gasteiger partial charge >= 0.3 is 0 Å². The average molecular weight is 226 g/mol. The Balaban J connectivity index is 0.000000791. The van der Waals surface area contributed by atoms with Crippen LogP contribution in [0.4, 0.5) is 17.6 Å². The molecule has 1 aromatic rings. The number of benzene rings is 1. The van der Waals surface area contributed by atoms with E-state index in [-0.39, 0.29) is 0 Å². The van der Waals surface area contributed by atoms with E-state index in [0.717, 1.165) is 6.92 Å². The van der Waals surface area contributed by atoms with Gasteiger partial charge in [-0.25, -0.2) is 17.6 Å². The van der Waals surface area contributed by atoms with E-state index in [4.69, 9.17) is 0 Å². The number of halogens is 4. The Morgan fingerprint density at radius 2 is 1.21 bits per heavy atom. The summed E-state index contributed by atoms with van der Waals surface area (Å²) in [5.74, 6) is -5.69. The number of rotatable bonds is 0. The van der Waals surface area contributed by atoms with Gasteiger partial charge in [-0.1, -0.05) is 23.1 Å². The summed E-state index contributed by atoms with van der Waals surface area (Å²) in [4.78, 5) is 0. The van der Waals surface area contributed by atoms with Crippen molar-refractivity contribution in [2.45, 2.75) is 20.8 Å². The molecule has 1 unspecified atom stereocenters. The van der Waals surface area contributed by atoms with E-state index in [1.165, 1.54) is 0 Å². The fourth-order valence-electron chi connectivity index (χ4n) is 0.774. The third kappa shape index (κ3) is 2.24. The highest BCUT2D eigenvalue weighted by Gasteiger charge is 2.19. The lowest BCUT2D eigenvalue weighted by Gasteiger charge is -2.04. The Morgan fingerprint density at radius 3 is 1.64 bits per heavy atom. The highest BCUT2D eigenvalue weighted by Crippen LogP contribution is 2.17. The van der Waals surface area contributed by atoms with Crippen LogP contribution < -0.4 is 5.30 Å². The van der Waals surface area contributed by atoms with Crippen molar-refractivity contribution in [1.29, 1.82) is 0 Å². The third-order valence-electron chi connectivity index (χ3n) is 1.52. The largest absolute Gasteiger partial charge is 0.206 e. The van der Waals surface area contributed by atoms with E-state index in [0.29, 0.717) is 0 Å². The molecule has 0 aliphatic rings. The van der Waals surface area contributed by atoms with Crippen LogP contribution in [0.5, 0.6) is 0 Å². The number of hydrogen-bond acceptors (Lipinski definition) is 0. The fourth-order valence-corrected chi connectivity index (χ4v) is 1.12. The van der Waals surface area contributed by atoms with Gasteiger partial charge in [0.25, 0.3) is 0 Å². The Kier molecular flexibility index (Phi) is 5.06. The maximum absolute atomic E-state index is 12.8. The zero-order valence-corrected chi connectivity index (χ0v) is 9.24. The van der Waals surface area contributed by atoms with Gasteiger partial charge in [0.1, 0.15) is 5.82 Å². The second-order valence-corrected chi connectivity index (χ2v) is 2.87. The molecule has 14 heavy (non-hydrogen) atoms. The maximum atomic E-state index is 12.8. The van der Waals surface area contributed by atoms with Gasteiger partial charge in [0.05, 0.1) is 0 Å². The van der Waals surface area contributed by atoms with Crippen LogP contribution >= 0.6 is 9.24 Å². The zero-order chi connectivity index (χ0) is 11.5. The van der Waals surface area contributed by atoms with Crippen molar-refractivity contribution in [2.75, 3.05) is 0 Å². The Morgan fingerprint density at radius 1 is 0.786 bits per heavy atom. The molecule has 0 aliphatic heterocycles. The second kappa shape index (κ2) is 5.30. The third-order valence-corrected chi connectivity index (χ3v) is 2.02. The number of hydrogen-bond donors (Lipinski definition) is 0. The van der Waals surface area contributed by atoms with Crippen LogP contribution in [0, 0.1) is 30.2 Å². The van der Waals surface area contributed by atoms with Gasteiger partial charge in [0, 0.05) is 10.9 Å². The summed E-state index contributed by atoms with van der Waals surface area (Å²) in [6, 6.07) is 0. The zero-order valence-electron chi connectivity index (χ0n) is 8.09. The maximum Gasteiger partial charge on any atom is 0.195 e. The molecule has 0 aromatic heterocycles. The first-order valence-corrected chi connectivity index (χ1v) is 4.62. The lowest BCUT2D eigenvalue weighted by atomic mass is 10.2. The molecule has 0 N–H and O–H groups in total. The van der Waals surface area contributed by atoms with E-state index in [1.807, 2.05) is 13.8 Å². The molecule has 0 nitrogen and oxygen atoms in total. The fraction of sp³-hybridized carbons (Fsp3) is 0.333. The molecule has 0 heterocycles. The van der Waals surface area contributed by atoms with Crippen molar-refractivity contribution in [2.24, 2.45) is 0 Å². The molecule has 80 valence electrons. The molecule has 0 saturated heterocycles. The molecule has 0 spiro atoms. The first-order chi connectivity index (χ1) is 6.46. The highest BCUT2D eigenvalue weighted by atomic mass is 31.0. The van der Waals surface area contributed by atoms with Crippen LogP contribution in [0.15, 0.2) is 0 Å². The van der Waals surface area contributed by atoms with Crippen LogP contribution in [-0.4, -0.2) is 0 Å². The summed E-state index contributed by atoms with van der Waals surface area (Å²) in [5.41, 5.74) is -0.515. The van der Waals surface area contributed by atoms with Crippen molar-refractivity contribution in [3.8, 4) is 0 Å². The minimum Gasteiger partial charge on any atom is -0.206 e. The highest BCUT2D eigenvalue weighted by molar-refractivity contribution is 7.27. The van der Waals surface area contributed by atoms with Gasteiger partial charge in [-0.05, 0) is 6.92 Å². The average Bonchev–Trinajstić information content (AvgIpc) is 2.24. The van der Waals surface area contributed by atoms with E-state index < -0.39 is 34.1 Å². The van der Waals surface area contributed by atoms with E-state index in [9.17, 15) is 17.6 Å². The smallest absolute Gasteiger partial charge is 0.195 e. The molecule has 0 bridgehead atoms.